The highest BCUT2D eigenvalue weighted by molar-refractivity contribution is 7.85. The Morgan fingerprint density at radius 1 is 0.441 bits per heavy atom. The summed E-state index contributed by atoms with van der Waals surface area (Å²) in [5.41, 5.74) is 8.55. The molecule has 17 rings (SSSR count). The molecule has 5 fully saturated rings. The Labute approximate surface area is 873 Å². The van der Waals surface area contributed by atoms with Crippen LogP contribution in [0.3, 0.4) is 0 Å². The molecular formula is C96H104Cl4N14O23S8. The van der Waals surface area contributed by atoms with Crippen LogP contribution in [-0.2, 0) is 101 Å². The number of hydrogen-bond acceptors (Lipinski definition) is 37. The molecule has 0 radical (unpaired) electrons. The summed E-state index contributed by atoms with van der Waals surface area (Å²) in [6.07, 6.45) is 16.7. The maximum Gasteiger partial charge on any atom is 0.333 e. The van der Waals surface area contributed by atoms with Gasteiger partial charge < -0.3 is 45.3 Å². The summed E-state index contributed by atoms with van der Waals surface area (Å²) in [4.78, 5) is 89.0. The number of para-hydroxylation sites is 2. The molecular weight excluding hydrogens is 2120 g/mol. The first kappa shape index (κ1) is 111. The van der Waals surface area contributed by atoms with E-state index in [0.717, 1.165) is 58.2 Å². The van der Waals surface area contributed by atoms with E-state index in [2.05, 4.69) is 67.2 Å². The van der Waals surface area contributed by atoms with Crippen LogP contribution >= 0.6 is 91.8 Å². The highest BCUT2D eigenvalue weighted by atomic mass is 35.5. The van der Waals surface area contributed by atoms with E-state index in [1.165, 1.54) is 95.4 Å². The van der Waals surface area contributed by atoms with Crippen LogP contribution in [0.25, 0.3) is 0 Å². The van der Waals surface area contributed by atoms with Crippen LogP contribution in [0.5, 0.6) is 11.5 Å². The topological polar surface area (TPSA) is 582 Å². The Morgan fingerprint density at radius 3 is 1.34 bits per heavy atom. The Morgan fingerprint density at radius 2 is 0.869 bits per heavy atom. The van der Waals surface area contributed by atoms with Crippen molar-refractivity contribution in [2.75, 3.05) is 50.3 Å². The number of ketones is 4. The third-order valence-electron chi connectivity index (χ3n) is 25.0. The monoisotopic (exact) mass is 2220 g/mol. The van der Waals surface area contributed by atoms with E-state index in [-0.39, 0.29) is 91.9 Å². The minimum absolute atomic E-state index is 0.00299. The first-order valence-electron chi connectivity index (χ1n) is 45.7. The molecule has 14 N–H and O–H groups in total. The van der Waals surface area contributed by atoms with Crippen molar-refractivity contribution in [2.45, 2.75) is 152 Å². The van der Waals surface area contributed by atoms with Gasteiger partial charge in [-0.15, -0.1) is 45.3 Å². The van der Waals surface area contributed by atoms with Crippen LogP contribution in [-0.4, -0.2) is 193 Å². The van der Waals surface area contributed by atoms with E-state index in [1.807, 2.05) is 132 Å². The lowest BCUT2D eigenvalue weighted by atomic mass is 9.81. The summed E-state index contributed by atoms with van der Waals surface area (Å²) < 4.78 is 125. The number of aromatic nitrogens is 8. The Hall–Kier alpha value is -9.68. The lowest BCUT2D eigenvalue weighted by Crippen LogP contribution is -2.34. The van der Waals surface area contributed by atoms with Crippen molar-refractivity contribution in [3.8, 4) is 11.5 Å². The largest absolute Gasteiger partial charge is 0.490 e. The van der Waals surface area contributed by atoms with E-state index < -0.39 is 83.1 Å². The van der Waals surface area contributed by atoms with Crippen molar-refractivity contribution >= 4 is 168 Å². The molecule has 4 saturated carbocycles. The molecule has 1 saturated heterocycles. The van der Waals surface area contributed by atoms with Crippen molar-refractivity contribution in [3.05, 3.63) is 299 Å². The second-order valence-corrected chi connectivity index (χ2v) is 45.6. The maximum absolute atomic E-state index is 13.7. The highest BCUT2D eigenvalue weighted by Gasteiger charge is 2.43. The Bertz CT molecular complexity index is 7010. The smallest absolute Gasteiger partial charge is 0.333 e. The molecule has 5 aliphatic rings. The average Bonchev–Trinajstić information content (AvgIpc) is 1.64. The van der Waals surface area contributed by atoms with Gasteiger partial charge in [0, 0.05) is 82.8 Å². The van der Waals surface area contributed by atoms with Crippen molar-refractivity contribution < 1.29 is 104 Å². The third-order valence-corrected chi connectivity index (χ3v) is 32.1. The van der Waals surface area contributed by atoms with Gasteiger partial charge in [0.2, 0.25) is 23.1 Å². The summed E-state index contributed by atoms with van der Waals surface area (Å²) in [7, 11) is -16.3. The third kappa shape index (κ3) is 31.5. The van der Waals surface area contributed by atoms with Crippen LogP contribution in [0.4, 0.5) is 11.6 Å². The lowest BCUT2D eigenvalue weighted by Gasteiger charge is -2.37. The van der Waals surface area contributed by atoms with Crippen molar-refractivity contribution in [1.29, 1.82) is 0 Å². The first-order valence-corrected chi connectivity index (χ1v) is 56.6. The average molecular weight is 2220 g/mol. The number of ether oxygens (including phenoxy) is 3. The minimum Gasteiger partial charge on any atom is -0.490 e. The molecule has 37 nitrogen and oxygen atoms in total. The van der Waals surface area contributed by atoms with E-state index in [1.54, 1.807) is 12.1 Å². The molecule has 13 atom stereocenters. The molecule has 12 aromatic rings. The number of aliphatic hydroxyl groups is 4. The molecule has 1 unspecified atom stereocenters. The predicted octanol–water partition coefficient (Wildman–Crippen LogP) is 13.1. The van der Waals surface area contributed by atoms with Gasteiger partial charge in [-0.1, -0.05) is 94.9 Å². The van der Waals surface area contributed by atoms with E-state index >= 15 is 0 Å². The van der Waals surface area contributed by atoms with Gasteiger partial charge in [-0.2, -0.15) is 33.7 Å². The standard InChI is InChI=1S/C26H29ClN4O6S2.C25H29N3O7S2.C23H23Cl2N3O5S2.C22H23ClN4O5S2/c27-19-5-3-4-17(9-19)26(6-1-2-7-36-26)18-10-23(38-14-18)24(33)21-12-29-15-30-25(21)31-20-8-16(22(32)11-20)13-37-39(28,34)35;1-2-33-22-5-3-4-6-23(22)34-12-17-10-24(36-14-17)25(30)19-11-27-15-28-20(19)8-16-7-18(21(29)9-16)13-35-37(26,31)32;24-18-3-1-2-15(22(18)25)5-14-8-21(34-11-14)23(30)17-9-27-12-28-19(17)6-13-4-16(20(29)7-13)10-33-35(26,31)32;23-16-3-1-13(2-4-16)5-14-6-20(33-11-14)21(29)18-9-25-12-26-22(18)27-17-7-15(19(28)8-17)10-32-34(24,30)31/h3-5,9-10,12,14-16,20,22,32H,1-2,6-8,11,13H2,(H2,28,34,35)(H,29,30,31);3-6,10-11,14-16,18,21,29H,2,7-9,12-13H2,1H3,(H2,26,31,32);1-3,8-9,11-13,16,20,29H,4-7,10H2,(H2,26,31,32);1-4,6,9,11-12,15,17,19,28H,5,7-8,10H2,(H2,24,30,31)(H,25,26,27)/t16-,20-,22+,26?;16-,18+,21-;13-,16+,20-;15-,17-,19+/m1001/s1. The second kappa shape index (κ2) is 50.6. The fourth-order valence-corrected chi connectivity index (χ4v) is 23.7. The number of nitrogens with zero attached hydrogens (tertiary/aromatic N) is 8. The summed E-state index contributed by atoms with van der Waals surface area (Å²) in [5, 5.41) is 77.3. The zero-order chi connectivity index (χ0) is 103. The van der Waals surface area contributed by atoms with Crippen molar-refractivity contribution in [3.63, 3.8) is 0 Å². The molecule has 0 amide bonds. The van der Waals surface area contributed by atoms with Crippen molar-refractivity contribution in [1.82, 2.24) is 39.9 Å². The summed E-state index contributed by atoms with van der Waals surface area (Å²) in [6, 6.07) is 35.0. The number of hydrogen-bond donors (Lipinski definition) is 10. The number of nitrogens with two attached hydrogens (primary N) is 4. The minimum atomic E-state index is -4.10. The van der Waals surface area contributed by atoms with Gasteiger partial charge in [-0.3, -0.25) is 35.9 Å². The molecule has 8 aromatic heterocycles. The number of aliphatic hydroxyl groups excluding tert-OH is 4. The molecule has 1 aliphatic heterocycles. The summed E-state index contributed by atoms with van der Waals surface area (Å²) in [6.45, 7) is 2.55. The van der Waals surface area contributed by atoms with E-state index in [0.29, 0.717) is 187 Å². The lowest BCUT2D eigenvalue weighted by molar-refractivity contribution is -0.0530. The predicted molar refractivity (Wildman–Crippen MR) is 547 cm³/mol. The van der Waals surface area contributed by atoms with Gasteiger partial charge in [0.1, 0.15) is 49.2 Å². The van der Waals surface area contributed by atoms with Gasteiger partial charge in [-0.05, 0) is 237 Å². The number of carbonyl (C=O) groups excluding carboxylic acids is 4. The number of nitrogens with one attached hydrogen (secondary N) is 2. The number of thiophene rings is 4. The van der Waals surface area contributed by atoms with Gasteiger partial charge in [0.15, 0.2) is 11.5 Å². The molecule has 0 bridgehead atoms. The van der Waals surface area contributed by atoms with Gasteiger partial charge in [0.05, 0.1) is 121 Å². The van der Waals surface area contributed by atoms with Gasteiger partial charge in [0.25, 0.3) is 0 Å². The number of anilines is 2. The van der Waals surface area contributed by atoms with Gasteiger partial charge >= 0.3 is 41.2 Å². The maximum atomic E-state index is 13.7. The second-order valence-electron chi connectivity index (χ2n) is 35.4. The highest BCUT2D eigenvalue weighted by Crippen LogP contribution is 2.46. The summed E-state index contributed by atoms with van der Waals surface area (Å²) >= 11 is 30.0. The summed E-state index contributed by atoms with van der Waals surface area (Å²) in [5.74, 6) is -0.372. The zero-order valence-corrected chi connectivity index (χ0v) is 87.1. The van der Waals surface area contributed by atoms with Crippen molar-refractivity contribution in [2.24, 2.45) is 56.1 Å². The van der Waals surface area contributed by atoms with Crippen LogP contribution in [0.1, 0.15) is 189 Å². The Kier molecular flexibility index (Phi) is 38.7. The number of benzene rings is 4. The quantitative estimate of drug-likeness (QED) is 0.0160. The number of carbonyl (C=O) groups is 4. The molecule has 49 heteroatoms. The molecule has 4 aliphatic carbocycles. The SMILES string of the molecule is CCOc1ccccc1OCc1csc(C(=O)c2cncnc2C[C@@H]2C[C@H](COS(N)(=O)=O)[C@@H](O)C2)c1.NS(=O)(=O)OC[C@H]1C[C@@H](Cc2ncncc2C(=O)c2cc(Cc3cccc(Cl)c3Cl)cs2)C[C@@H]1O.NS(=O)(=O)OC[C@H]1C[C@@H](Nc2ncncc2C(=O)c2cc(C3(c4cccc(Cl)c4)CCCCO3)cs2)C[C@@H]1O.NS(=O)(=O)OC[C@H]1C[C@@H](Nc2ncncc2C(=O)c2cc(Cc3ccc(Cl)cc3)cs2)C[C@@H]1O. The molecule has 772 valence electrons. The zero-order valence-electron chi connectivity index (χ0n) is 77.6. The van der Waals surface area contributed by atoms with E-state index in [9.17, 15) is 73.3 Å². The molecule has 0 spiro atoms. The van der Waals surface area contributed by atoms with Gasteiger partial charge in [-0.25, -0.2) is 60.4 Å². The van der Waals surface area contributed by atoms with Crippen LogP contribution < -0.4 is 40.7 Å². The first-order chi connectivity index (χ1) is 69.2. The molecule has 9 heterocycles. The molecule has 145 heavy (non-hydrogen) atoms. The Balaban J connectivity index is 0.000000153. The fraction of sp³-hybridized carbons (Fsp3) is 0.375. The van der Waals surface area contributed by atoms with Crippen LogP contribution in [0.15, 0.2) is 187 Å². The molecule has 4 aromatic carbocycles. The number of rotatable bonds is 39. The van der Waals surface area contributed by atoms with Crippen LogP contribution in [0.2, 0.25) is 20.1 Å². The normalized spacial score (nSPS) is 21.5. The van der Waals surface area contributed by atoms with Crippen LogP contribution in [0, 0.1) is 35.5 Å². The number of halogens is 4. The van der Waals surface area contributed by atoms with E-state index in [4.69, 9.17) is 81.2 Å². The fourth-order valence-electron chi connectivity index (χ4n) is 18.1.